The molecule has 0 bridgehead atoms. The third-order valence-electron chi connectivity index (χ3n) is 3.91. The Labute approximate surface area is 162 Å². The van der Waals surface area contributed by atoms with Crippen molar-refractivity contribution in [3.8, 4) is 0 Å². The summed E-state index contributed by atoms with van der Waals surface area (Å²) in [6.45, 7) is 2.38. The topological polar surface area (TPSA) is 62.3 Å². The third kappa shape index (κ3) is 4.51. The maximum absolute atomic E-state index is 12.9. The Hall–Kier alpha value is -3.18. The van der Waals surface area contributed by atoms with Gasteiger partial charge in [0.05, 0.1) is 0 Å². The van der Waals surface area contributed by atoms with Crippen molar-refractivity contribution in [2.45, 2.75) is 6.92 Å². The van der Waals surface area contributed by atoms with Gasteiger partial charge in [0.25, 0.3) is 11.8 Å². The van der Waals surface area contributed by atoms with Crippen molar-refractivity contribution in [1.82, 2.24) is 4.98 Å². The molecule has 0 aliphatic heterocycles. The molecule has 1 N–H and O–H groups in total. The lowest BCUT2D eigenvalue weighted by atomic mass is 10.2. The van der Waals surface area contributed by atoms with Gasteiger partial charge >= 0.3 is 0 Å². The number of nitrogens with zero attached hydrogens (tertiary/aromatic N) is 2. The number of amides is 2. The number of aromatic nitrogens is 1. The molecule has 27 heavy (non-hydrogen) atoms. The highest BCUT2D eigenvalue weighted by atomic mass is 35.5. The molecular formula is C21H18ClN3O2. The van der Waals surface area contributed by atoms with E-state index in [9.17, 15) is 9.59 Å². The van der Waals surface area contributed by atoms with Crippen LogP contribution >= 0.6 is 11.6 Å². The van der Waals surface area contributed by atoms with Crippen LogP contribution in [0, 0.1) is 0 Å². The Bertz CT molecular complexity index is 960. The van der Waals surface area contributed by atoms with Gasteiger partial charge in [-0.1, -0.05) is 41.9 Å². The number of carbonyl (C=O) groups excluding carboxylic acids is 2. The van der Waals surface area contributed by atoms with Crippen LogP contribution in [-0.2, 0) is 0 Å². The Morgan fingerprint density at radius 1 is 0.963 bits per heavy atom. The molecule has 0 fully saturated rings. The minimum Gasteiger partial charge on any atom is -0.321 e. The van der Waals surface area contributed by atoms with E-state index in [-0.39, 0.29) is 17.3 Å². The third-order valence-corrected chi connectivity index (χ3v) is 4.15. The van der Waals surface area contributed by atoms with Gasteiger partial charge in [0.2, 0.25) is 0 Å². The van der Waals surface area contributed by atoms with Gasteiger partial charge < -0.3 is 10.2 Å². The number of rotatable bonds is 5. The highest BCUT2D eigenvalue weighted by molar-refractivity contribution is 6.31. The average molecular weight is 380 g/mol. The van der Waals surface area contributed by atoms with E-state index >= 15 is 0 Å². The zero-order valence-corrected chi connectivity index (χ0v) is 15.5. The van der Waals surface area contributed by atoms with Gasteiger partial charge in [-0.15, -0.1) is 0 Å². The van der Waals surface area contributed by atoms with Crippen LogP contribution in [0.2, 0.25) is 5.02 Å². The standard InChI is InChI=1S/C21H18ClN3O2/c1-2-25(17-10-4-3-5-11-17)21(27)19-13-7-12-18(24-19)20(26)23-16-9-6-8-15(22)14-16/h3-14H,2H2,1H3,(H,23,26). The van der Waals surface area contributed by atoms with E-state index in [2.05, 4.69) is 10.3 Å². The van der Waals surface area contributed by atoms with E-state index < -0.39 is 5.91 Å². The Kier molecular flexibility index (Phi) is 5.84. The molecule has 6 heteroatoms. The summed E-state index contributed by atoms with van der Waals surface area (Å²) in [5, 5.41) is 3.25. The van der Waals surface area contributed by atoms with Gasteiger partial charge in [-0.2, -0.15) is 0 Å². The van der Waals surface area contributed by atoms with E-state index in [1.54, 1.807) is 47.4 Å². The predicted molar refractivity (Wildman–Crippen MR) is 107 cm³/mol. The molecule has 0 aliphatic carbocycles. The summed E-state index contributed by atoms with van der Waals surface area (Å²) in [6, 6.07) is 21.0. The molecule has 3 aromatic rings. The summed E-state index contributed by atoms with van der Waals surface area (Å²) >= 11 is 5.93. The highest BCUT2D eigenvalue weighted by Gasteiger charge is 2.19. The average Bonchev–Trinajstić information content (AvgIpc) is 2.69. The van der Waals surface area contributed by atoms with Gasteiger partial charge in [0, 0.05) is 22.9 Å². The molecule has 0 saturated carbocycles. The van der Waals surface area contributed by atoms with Crippen molar-refractivity contribution in [2.24, 2.45) is 0 Å². The van der Waals surface area contributed by atoms with Crippen LogP contribution in [0.15, 0.2) is 72.8 Å². The number of halogens is 1. The fraction of sp³-hybridized carbons (Fsp3) is 0.0952. The van der Waals surface area contributed by atoms with Crippen LogP contribution in [0.4, 0.5) is 11.4 Å². The van der Waals surface area contributed by atoms with E-state index in [0.29, 0.717) is 17.3 Å². The number of hydrogen-bond acceptors (Lipinski definition) is 3. The Morgan fingerprint density at radius 2 is 1.67 bits per heavy atom. The molecule has 2 amide bonds. The number of pyridine rings is 1. The lowest BCUT2D eigenvalue weighted by Crippen LogP contribution is -2.31. The number of carbonyl (C=O) groups is 2. The minimum atomic E-state index is -0.408. The normalized spacial score (nSPS) is 10.3. The molecule has 1 heterocycles. The van der Waals surface area contributed by atoms with Gasteiger partial charge in [-0.25, -0.2) is 4.98 Å². The zero-order chi connectivity index (χ0) is 19.2. The number of nitrogens with one attached hydrogen (secondary N) is 1. The van der Waals surface area contributed by atoms with Crippen LogP contribution < -0.4 is 10.2 Å². The zero-order valence-electron chi connectivity index (χ0n) is 14.7. The van der Waals surface area contributed by atoms with Crippen molar-refractivity contribution in [3.63, 3.8) is 0 Å². The van der Waals surface area contributed by atoms with Crippen LogP contribution in [-0.4, -0.2) is 23.3 Å². The minimum absolute atomic E-state index is 0.157. The first-order chi connectivity index (χ1) is 13.1. The first-order valence-electron chi connectivity index (χ1n) is 8.49. The largest absolute Gasteiger partial charge is 0.321 e. The molecule has 0 radical (unpaired) electrons. The summed E-state index contributed by atoms with van der Waals surface area (Å²) in [5.41, 5.74) is 1.70. The van der Waals surface area contributed by atoms with Crippen LogP contribution in [0.25, 0.3) is 0 Å². The molecule has 0 spiro atoms. The van der Waals surface area contributed by atoms with Crippen LogP contribution in [0.1, 0.15) is 27.9 Å². The molecule has 5 nitrogen and oxygen atoms in total. The number of hydrogen-bond donors (Lipinski definition) is 1. The van der Waals surface area contributed by atoms with Crippen LogP contribution in [0.3, 0.4) is 0 Å². The maximum Gasteiger partial charge on any atom is 0.276 e. The van der Waals surface area contributed by atoms with Crippen molar-refractivity contribution in [1.29, 1.82) is 0 Å². The highest BCUT2D eigenvalue weighted by Crippen LogP contribution is 2.17. The van der Waals surface area contributed by atoms with E-state index in [1.165, 1.54) is 0 Å². The molecule has 0 unspecified atom stereocenters. The first-order valence-corrected chi connectivity index (χ1v) is 8.87. The molecular weight excluding hydrogens is 362 g/mol. The van der Waals surface area contributed by atoms with E-state index in [1.807, 2.05) is 37.3 Å². The molecule has 0 atom stereocenters. The van der Waals surface area contributed by atoms with Crippen molar-refractivity contribution < 1.29 is 9.59 Å². The molecule has 3 rings (SSSR count). The second-order valence-corrected chi connectivity index (χ2v) is 6.19. The summed E-state index contributed by atoms with van der Waals surface area (Å²) < 4.78 is 0. The van der Waals surface area contributed by atoms with Gasteiger partial charge in [-0.05, 0) is 49.4 Å². The Balaban J connectivity index is 1.82. The number of anilines is 2. The summed E-state index contributed by atoms with van der Waals surface area (Å²) in [4.78, 5) is 31.2. The smallest absolute Gasteiger partial charge is 0.276 e. The molecule has 0 saturated heterocycles. The summed E-state index contributed by atoms with van der Waals surface area (Å²) in [7, 11) is 0. The van der Waals surface area contributed by atoms with Crippen molar-refractivity contribution in [3.05, 3.63) is 89.2 Å². The fourth-order valence-electron chi connectivity index (χ4n) is 2.63. The summed E-state index contributed by atoms with van der Waals surface area (Å²) in [6.07, 6.45) is 0. The number of benzene rings is 2. The van der Waals surface area contributed by atoms with Gasteiger partial charge in [0.15, 0.2) is 0 Å². The molecule has 136 valence electrons. The molecule has 1 aromatic heterocycles. The molecule has 2 aromatic carbocycles. The lowest BCUT2D eigenvalue weighted by Gasteiger charge is -2.20. The first kappa shape index (κ1) is 18.6. The quantitative estimate of drug-likeness (QED) is 0.701. The second-order valence-electron chi connectivity index (χ2n) is 5.76. The van der Waals surface area contributed by atoms with E-state index in [0.717, 1.165) is 5.69 Å². The summed E-state index contributed by atoms with van der Waals surface area (Å²) in [5.74, 6) is -0.671. The van der Waals surface area contributed by atoms with Crippen molar-refractivity contribution in [2.75, 3.05) is 16.8 Å². The van der Waals surface area contributed by atoms with Gasteiger partial charge in [0.1, 0.15) is 11.4 Å². The van der Waals surface area contributed by atoms with E-state index in [4.69, 9.17) is 11.6 Å². The monoisotopic (exact) mass is 379 g/mol. The maximum atomic E-state index is 12.9. The van der Waals surface area contributed by atoms with Gasteiger partial charge in [-0.3, -0.25) is 9.59 Å². The second kappa shape index (κ2) is 8.47. The fourth-order valence-corrected chi connectivity index (χ4v) is 2.82. The van der Waals surface area contributed by atoms with Crippen molar-refractivity contribution >= 4 is 34.8 Å². The molecule has 0 aliphatic rings. The SMILES string of the molecule is CCN(C(=O)c1cccc(C(=O)Nc2cccc(Cl)c2)n1)c1ccccc1. The Morgan fingerprint density at radius 3 is 2.37 bits per heavy atom. The van der Waals surface area contributed by atoms with Crippen LogP contribution in [0.5, 0.6) is 0 Å². The predicted octanol–water partition coefficient (Wildman–Crippen LogP) is 4.65. The number of para-hydroxylation sites is 1. The lowest BCUT2D eigenvalue weighted by molar-refractivity contribution is 0.0983.